The van der Waals surface area contributed by atoms with Crippen molar-refractivity contribution in [3.8, 4) is 0 Å². The first-order valence-corrected chi connectivity index (χ1v) is 4.72. The summed E-state index contributed by atoms with van der Waals surface area (Å²) in [6.07, 6.45) is 12.4. The van der Waals surface area contributed by atoms with Crippen LogP contribution < -0.4 is 18.9 Å². The molecule has 1 unspecified atom stereocenters. The molecule has 1 aliphatic heterocycles. The Hall–Kier alpha value is 0.167. The molecule has 0 spiro atoms. The summed E-state index contributed by atoms with van der Waals surface area (Å²) in [4.78, 5) is 2.59. The van der Waals surface area contributed by atoms with E-state index in [-0.39, 0.29) is 18.9 Å². The van der Waals surface area contributed by atoms with Crippen molar-refractivity contribution < 1.29 is 18.9 Å². The van der Waals surface area contributed by atoms with E-state index in [4.69, 9.17) is 0 Å². The molecule has 1 atom stereocenters. The van der Waals surface area contributed by atoms with Crippen molar-refractivity contribution in [1.82, 2.24) is 4.90 Å². The molecule has 0 bridgehead atoms. The standard InChI is InChI=1S/C10H16N.Li/c1-2-4-9-11(8-3-1)10-6-5-7-10;/h5-7,10H,1-4,8-9H2;/q-1;+1. The van der Waals surface area contributed by atoms with Crippen molar-refractivity contribution in [3.63, 3.8) is 0 Å². The van der Waals surface area contributed by atoms with Gasteiger partial charge in [0.25, 0.3) is 0 Å². The van der Waals surface area contributed by atoms with Crippen LogP contribution in [-0.4, -0.2) is 24.0 Å². The van der Waals surface area contributed by atoms with Crippen LogP contribution in [0.15, 0.2) is 12.2 Å². The molecule has 1 saturated heterocycles. The van der Waals surface area contributed by atoms with Gasteiger partial charge in [-0.2, -0.15) is 0 Å². The summed E-state index contributed by atoms with van der Waals surface area (Å²) < 4.78 is 0. The molecule has 0 aromatic carbocycles. The Bertz CT molecular complexity index is 148. The van der Waals surface area contributed by atoms with Crippen LogP contribution in [0.5, 0.6) is 0 Å². The molecule has 0 amide bonds. The average molecular weight is 157 g/mol. The molecule has 1 heterocycles. The maximum absolute atomic E-state index is 2.59. The monoisotopic (exact) mass is 157 g/mol. The summed E-state index contributed by atoms with van der Waals surface area (Å²) in [5.74, 6) is 0. The Morgan fingerprint density at radius 1 is 1.08 bits per heavy atom. The molecule has 62 valence electrons. The van der Waals surface area contributed by atoms with Crippen LogP contribution in [0.3, 0.4) is 0 Å². The molecule has 0 aromatic heterocycles. The zero-order valence-corrected chi connectivity index (χ0v) is 8.00. The van der Waals surface area contributed by atoms with E-state index in [0.29, 0.717) is 6.04 Å². The van der Waals surface area contributed by atoms with Gasteiger partial charge in [0.2, 0.25) is 0 Å². The minimum absolute atomic E-state index is 0. The van der Waals surface area contributed by atoms with Crippen LogP contribution >= 0.6 is 0 Å². The molecular weight excluding hydrogens is 141 g/mol. The molecule has 1 aliphatic carbocycles. The summed E-state index contributed by atoms with van der Waals surface area (Å²) in [5, 5.41) is 0. The summed E-state index contributed by atoms with van der Waals surface area (Å²) in [7, 11) is 0. The van der Waals surface area contributed by atoms with Gasteiger partial charge in [-0.05, 0) is 25.9 Å². The van der Waals surface area contributed by atoms with Crippen molar-refractivity contribution >= 4 is 0 Å². The molecule has 0 N–H and O–H groups in total. The Balaban J connectivity index is 0.000000720. The fraction of sp³-hybridized carbons (Fsp3) is 0.700. The largest absolute Gasteiger partial charge is 1.00 e. The van der Waals surface area contributed by atoms with Gasteiger partial charge < -0.3 is 4.90 Å². The fourth-order valence-electron chi connectivity index (χ4n) is 1.85. The van der Waals surface area contributed by atoms with Gasteiger partial charge in [0.15, 0.2) is 0 Å². The van der Waals surface area contributed by atoms with Crippen molar-refractivity contribution in [2.24, 2.45) is 0 Å². The number of hydrogen-bond acceptors (Lipinski definition) is 1. The normalized spacial score (nSPS) is 29.5. The summed E-state index contributed by atoms with van der Waals surface area (Å²) in [5.41, 5.74) is 0. The number of hydrogen-bond donors (Lipinski definition) is 0. The van der Waals surface area contributed by atoms with Crippen molar-refractivity contribution in [3.05, 3.63) is 18.6 Å². The second-order valence-corrected chi connectivity index (χ2v) is 3.52. The first kappa shape index (κ1) is 10.2. The Kier molecular flexibility index (Phi) is 4.29. The molecular formula is C10H16LiN. The van der Waals surface area contributed by atoms with Crippen LogP contribution in [0, 0.1) is 6.42 Å². The molecule has 1 nitrogen and oxygen atoms in total. The Labute approximate surface area is 87.4 Å². The average Bonchev–Trinajstić information content (AvgIpc) is 2.12. The zero-order valence-electron chi connectivity index (χ0n) is 8.00. The topological polar surface area (TPSA) is 3.24 Å². The van der Waals surface area contributed by atoms with Gasteiger partial charge >= 0.3 is 18.9 Å². The number of rotatable bonds is 1. The molecule has 0 radical (unpaired) electrons. The Morgan fingerprint density at radius 2 is 1.67 bits per heavy atom. The van der Waals surface area contributed by atoms with Crippen molar-refractivity contribution in [2.75, 3.05) is 13.1 Å². The van der Waals surface area contributed by atoms with Crippen LogP contribution in [0.4, 0.5) is 0 Å². The van der Waals surface area contributed by atoms with Gasteiger partial charge in [-0.15, -0.1) is 0 Å². The predicted molar refractivity (Wildman–Crippen MR) is 47.3 cm³/mol. The van der Waals surface area contributed by atoms with E-state index in [1.54, 1.807) is 0 Å². The van der Waals surface area contributed by atoms with Gasteiger partial charge in [0.1, 0.15) is 0 Å². The van der Waals surface area contributed by atoms with Crippen molar-refractivity contribution in [2.45, 2.75) is 31.7 Å². The van der Waals surface area contributed by atoms with Gasteiger partial charge in [0, 0.05) is 0 Å². The summed E-state index contributed by atoms with van der Waals surface area (Å²) >= 11 is 0. The summed E-state index contributed by atoms with van der Waals surface area (Å²) in [6.45, 7) is 2.62. The second kappa shape index (κ2) is 5.02. The van der Waals surface area contributed by atoms with Gasteiger partial charge in [0.05, 0.1) is 0 Å². The quantitative estimate of drug-likeness (QED) is 0.349. The Morgan fingerprint density at radius 3 is 2.08 bits per heavy atom. The molecule has 1 fully saturated rings. The maximum Gasteiger partial charge on any atom is 1.00 e. The SMILES string of the molecule is C1=CC(N2CCCCCC2)[CH-]1.[Li+]. The minimum Gasteiger partial charge on any atom is -0.326 e. The zero-order chi connectivity index (χ0) is 7.52. The van der Waals surface area contributed by atoms with Crippen molar-refractivity contribution in [1.29, 1.82) is 0 Å². The smallest absolute Gasteiger partial charge is 0.326 e. The molecule has 0 aromatic rings. The molecule has 0 saturated carbocycles. The van der Waals surface area contributed by atoms with Crippen LogP contribution in [0.25, 0.3) is 0 Å². The van der Waals surface area contributed by atoms with Gasteiger partial charge in [-0.3, -0.25) is 0 Å². The van der Waals surface area contributed by atoms with Crippen LogP contribution in [-0.2, 0) is 0 Å². The summed E-state index contributed by atoms with van der Waals surface area (Å²) in [6, 6.07) is 0.688. The third-order valence-electron chi connectivity index (χ3n) is 2.68. The first-order valence-electron chi connectivity index (χ1n) is 4.72. The van der Waals surface area contributed by atoms with E-state index in [2.05, 4.69) is 23.5 Å². The molecule has 2 aliphatic rings. The van der Waals surface area contributed by atoms with E-state index in [1.165, 1.54) is 38.8 Å². The number of likely N-dealkylation sites (tertiary alicyclic amines) is 1. The van der Waals surface area contributed by atoms with Crippen LogP contribution in [0.1, 0.15) is 25.7 Å². The minimum atomic E-state index is 0. The first-order chi connectivity index (χ1) is 5.47. The number of nitrogens with zero attached hydrogens (tertiary/aromatic N) is 1. The van der Waals surface area contributed by atoms with E-state index in [0.717, 1.165) is 0 Å². The molecule has 2 heteroatoms. The predicted octanol–water partition coefficient (Wildman–Crippen LogP) is -0.991. The van der Waals surface area contributed by atoms with E-state index in [9.17, 15) is 0 Å². The maximum atomic E-state index is 2.59. The van der Waals surface area contributed by atoms with E-state index in [1.807, 2.05) is 0 Å². The fourth-order valence-corrected chi connectivity index (χ4v) is 1.85. The van der Waals surface area contributed by atoms with Gasteiger partial charge in [-0.25, -0.2) is 18.6 Å². The molecule has 2 rings (SSSR count). The second-order valence-electron chi connectivity index (χ2n) is 3.52. The third-order valence-corrected chi connectivity index (χ3v) is 2.68. The van der Waals surface area contributed by atoms with E-state index >= 15 is 0 Å². The van der Waals surface area contributed by atoms with E-state index < -0.39 is 0 Å². The molecule has 12 heavy (non-hydrogen) atoms. The third kappa shape index (κ3) is 2.33. The van der Waals surface area contributed by atoms with Gasteiger partial charge in [-0.1, -0.05) is 18.9 Å². The van der Waals surface area contributed by atoms with Crippen LogP contribution in [0.2, 0.25) is 0 Å².